The Morgan fingerprint density at radius 1 is 0.967 bits per heavy atom. The molecule has 1 aromatic heterocycles. The van der Waals surface area contributed by atoms with Crippen LogP contribution >= 0.6 is 0 Å². The van der Waals surface area contributed by atoms with Gasteiger partial charge in [-0.25, -0.2) is 0 Å². The molecule has 1 heterocycles. The Morgan fingerprint density at radius 3 is 2.40 bits per heavy atom. The molecule has 0 fully saturated rings. The Morgan fingerprint density at radius 2 is 1.70 bits per heavy atom. The topological polar surface area (TPSA) is 38.0 Å². The van der Waals surface area contributed by atoms with Crippen molar-refractivity contribution in [2.24, 2.45) is 0 Å². The van der Waals surface area contributed by atoms with Crippen LogP contribution in [0.2, 0.25) is 0 Å². The summed E-state index contributed by atoms with van der Waals surface area (Å²) in [5, 5.41) is 12.1. The number of aromatic nitrogens is 1. The number of fused-ring (bicyclic) bond motifs is 1. The fourth-order valence-electron chi connectivity index (χ4n) is 3.88. The molecule has 30 heavy (non-hydrogen) atoms. The smallest absolute Gasteiger partial charge is 0.119 e. The van der Waals surface area contributed by atoms with Crippen LogP contribution in [-0.4, -0.2) is 11.2 Å². The molecule has 0 atom stereocenters. The maximum absolute atomic E-state index is 9.84. The third-order valence-corrected chi connectivity index (χ3v) is 5.36. The molecule has 4 aromatic rings. The van der Waals surface area contributed by atoms with Gasteiger partial charge in [0.1, 0.15) is 5.75 Å². The molecule has 3 nitrogen and oxygen atoms in total. The number of hydrogen-bond acceptors (Lipinski definition) is 2. The predicted octanol–water partition coefficient (Wildman–Crippen LogP) is 6.71. The van der Waals surface area contributed by atoms with Gasteiger partial charge in [-0.1, -0.05) is 36.4 Å². The second-order valence-corrected chi connectivity index (χ2v) is 7.32. The van der Waals surface area contributed by atoms with Crippen molar-refractivity contribution >= 4 is 22.4 Å². The Labute approximate surface area is 177 Å². The standard InChI is InChI=1S/C27H24N2O/c1-4-30-27-13-11-26(12-14-27)29-19(2)15-24(20(29)3)17-25(18-28)23-10-9-21-7-5-6-8-22(21)16-23/h5-17H,4H2,1-3H3/b25-17-. The molecular formula is C27H24N2O. The van der Waals surface area contributed by atoms with Crippen LogP contribution < -0.4 is 4.74 Å². The maximum atomic E-state index is 9.84. The van der Waals surface area contributed by atoms with Crippen LogP contribution in [0, 0.1) is 25.2 Å². The lowest BCUT2D eigenvalue weighted by Crippen LogP contribution is -1.99. The molecule has 0 spiro atoms. The molecule has 0 N–H and O–H groups in total. The van der Waals surface area contributed by atoms with Crippen LogP contribution in [0.15, 0.2) is 72.8 Å². The molecule has 0 aliphatic carbocycles. The third-order valence-electron chi connectivity index (χ3n) is 5.36. The average molecular weight is 393 g/mol. The summed E-state index contributed by atoms with van der Waals surface area (Å²) in [6.45, 7) is 6.81. The van der Waals surface area contributed by atoms with Gasteiger partial charge in [0.25, 0.3) is 0 Å². The van der Waals surface area contributed by atoms with E-state index in [1.807, 2.05) is 43.3 Å². The fourth-order valence-corrected chi connectivity index (χ4v) is 3.88. The van der Waals surface area contributed by atoms with E-state index >= 15 is 0 Å². The highest BCUT2D eigenvalue weighted by atomic mass is 16.5. The van der Waals surface area contributed by atoms with E-state index in [-0.39, 0.29) is 0 Å². The van der Waals surface area contributed by atoms with Gasteiger partial charge in [-0.15, -0.1) is 0 Å². The van der Waals surface area contributed by atoms with Gasteiger partial charge in [0.15, 0.2) is 0 Å². The van der Waals surface area contributed by atoms with Crippen molar-refractivity contribution in [2.45, 2.75) is 20.8 Å². The number of benzene rings is 3. The molecule has 0 saturated heterocycles. The van der Waals surface area contributed by atoms with Crippen molar-refractivity contribution in [3.8, 4) is 17.5 Å². The molecule has 4 rings (SSSR count). The number of ether oxygens (including phenoxy) is 1. The maximum Gasteiger partial charge on any atom is 0.119 e. The minimum Gasteiger partial charge on any atom is -0.494 e. The van der Waals surface area contributed by atoms with E-state index in [2.05, 4.69) is 66.9 Å². The summed E-state index contributed by atoms with van der Waals surface area (Å²) in [5.41, 5.74) is 5.95. The molecule has 0 bridgehead atoms. The SMILES string of the molecule is CCOc1ccc(-n2c(C)cc(/C=C(/C#N)c3ccc4ccccc4c3)c2C)cc1. The van der Waals surface area contributed by atoms with Gasteiger partial charge >= 0.3 is 0 Å². The molecule has 0 amide bonds. The monoisotopic (exact) mass is 392 g/mol. The summed E-state index contributed by atoms with van der Waals surface area (Å²) < 4.78 is 7.76. The van der Waals surface area contributed by atoms with E-state index in [4.69, 9.17) is 4.74 Å². The lowest BCUT2D eigenvalue weighted by atomic mass is 10.0. The number of rotatable bonds is 5. The van der Waals surface area contributed by atoms with Gasteiger partial charge in [0.05, 0.1) is 18.2 Å². The minimum absolute atomic E-state index is 0.654. The number of hydrogen-bond donors (Lipinski definition) is 0. The van der Waals surface area contributed by atoms with Crippen LogP contribution in [0.25, 0.3) is 28.1 Å². The summed E-state index contributed by atoms with van der Waals surface area (Å²) in [6, 6.07) is 27.0. The zero-order valence-electron chi connectivity index (χ0n) is 17.5. The second kappa shape index (κ2) is 8.31. The van der Waals surface area contributed by atoms with Crippen LogP contribution in [0.5, 0.6) is 5.75 Å². The summed E-state index contributed by atoms with van der Waals surface area (Å²) in [7, 11) is 0. The summed E-state index contributed by atoms with van der Waals surface area (Å²) in [5.74, 6) is 0.868. The Kier molecular flexibility index (Phi) is 5.41. The van der Waals surface area contributed by atoms with E-state index in [9.17, 15) is 5.26 Å². The van der Waals surface area contributed by atoms with Crippen LogP contribution in [0.3, 0.4) is 0 Å². The van der Waals surface area contributed by atoms with Gasteiger partial charge < -0.3 is 9.30 Å². The molecule has 148 valence electrons. The molecule has 0 saturated carbocycles. The van der Waals surface area contributed by atoms with Gasteiger partial charge in [-0.2, -0.15) is 5.26 Å². The Hall–Kier alpha value is -3.77. The van der Waals surface area contributed by atoms with Gasteiger partial charge in [0.2, 0.25) is 0 Å². The fraction of sp³-hybridized carbons (Fsp3) is 0.148. The van der Waals surface area contributed by atoms with Crippen molar-refractivity contribution in [1.29, 1.82) is 5.26 Å². The third kappa shape index (κ3) is 3.73. The van der Waals surface area contributed by atoms with Crippen LogP contribution in [0.4, 0.5) is 0 Å². The van der Waals surface area contributed by atoms with Gasteiger partial charge in [0, 0.05) is 17.1 Å². The highest BCUT2D eigenvalue weighted by molar-refractivity contribution is 5.94. The molecule has 0 aliphatic heterocycles. The molecule has 0 radical (unpaired) electrons. The van der Waals surface area contributed by atoms with Crippen molar-refractivity contribution < 1.29 is 4.74 Å². The largest absolute Gasteiger partial charge is 0.494 e. The summed E-state index contributed by atoms with van der Waals surface area (Å²) in [4.78, 5) is 0. The molecule has 0 aliphatic rings. The summed E-state index contributed by atoms with van der Waals surface area (Å²) in [6.07, 6.45) is 1.98. The number of nitrogens with zero attached hydrogens (tertiary/aromatic N) is 2. The van der Waals surface area contributed by atoms with Crippen LogP contribution in [0.1, 0.15) is 29.4 Å². The summed E-state index contributed by atoms with van der Waals surface area (Å²) >= 11 is 0. The molecule has 3 heteroatoms. The van der Waals surface area contributed by atoms with Gasteiger partial charge in [-0.3, -0.25) is 0 Å². The van der Waals surface area contributed by atoms with Crippen molar-refractivity contribution in [1.82, 2.24) is 4.57 Å². The minimum atomic E-state index is 0.654. The molecule has 0 unspecified atom stereocenters. The van der Waals surface area contributed by atoms with E-state index in [1.54, 1.807) is 0 Å². The first-order chi connectivity index (χ1) is 14.6. The number of aryl methyl sites for hydroxylation is 1. The van der Waals surface area contributed by atoms with Crippen molar-refractivity contribution in [2.75, 3.05) is 6.61 Å². The van der Waals surface area contributed by atoms with E-state index < -0.39 is 0 Å². The highest BCUT2D eigenvalue weighted by Crippen LogP contribution is 2.27. The zero-order chi connectivity index (χ0) is 21.1. The zero-order valence-corrected chi connectivity index (χ0v) is 17.5. The first kappa shape index (κ1) is 19.5. The Bertz CT molecular complexity index is 1270. The first-order valence-electron chi connectivity index (χ1n) is 10.1. The number of nitriles is 1. The van der Waals surface area contributed by atoms with E-state index in [0.717, 1.165) is 39.3 Å². The highest BCUT2D eigenvalue weighted by Gasteiger charge is 2.11. The quantitative estimate of drug-likeness (QED) is 0.354. The van der Waals surface area contributed by atoms with Crippen LogP contribution in [-0.2, 0) is 0 Å². The lowest BCUT2D eigenvalue weighted by Gasteiger charge is -2.11. The normalized spacial score (nSPS) is 11.5. The number of allylic oxidation sites excluding steroid dienone is 1. The molecular weight excluding hydrogens is 368 g/mol. The van der Waals surface area contributed by atoms with Gasteiger partial charge in [-0.05, 0) is 85.1 Å². The predicted molar refractivity (Wildman–Crippen MR) is 124 cm³/mol. The van der Waals surface area contributed by atoms with E-state index in [1.165, 1.54) is 5.39 Å². The van der Waals surface area contributed by atoms with E-state index in [0.29, 0.717) is 12.2 Å². The Balaban J connectivity index is 1.73. The van der Waals surface area contributed by atoms with Crippen molar-refractivity contribution in [3.05, 3.63) is 95.3 Å². The average Bonchev–Trinajstić information content (AvgIpc) is 3.05. The second-order valence-electron chi connectivity index (χ2n) is 7.32. The van der Waals surface area contributed by atoms with Crippen molar-refractivity contribution in [3.63, 3.8) is 0 Å². The first-order valence-corrected chi connectivity index (χ1v) is 10.1. The molecule has 3 aromatic carbocycles. The lowest BCUT2D eigenvalue weighted by molar-refractivity contribution is 0.340.